The summed E-state index contributed by atoms with van der Waals surface area (Å²) in [6, 6.07) is 12.2. The Bertz CT molecular complexity index is 1900. The number of anilines is 2. The molecule has 5 rings (SSSR count). The number of pyridine rings is 1. The van der Waals surface area contributed by atoms with Crippen LogP contribution in [0.2, 0.25) is 0 Å². The Labute approximate surface area is 239 Å². The van der Waals surface area contributed by atoms with Gasteiger partial charge in [0.25, 0.3) is 0 Å². The molecule has 5 aromatic rings. The Kier molecular flexibility index (Phi) is 7.81. The van der Waals surface area contributed by atoms with E-state index in [0.717, 1.165) is 0 Å². The number of nitrogen functional groups attached to an aromatic ring is 1. The van der Waals surface area contributed by atoms with Gasteiger partial charge in [0.15, 0.2) is 11.6 Å². The summed E-state index contributed by atoms with van der Waals surface area (Å²) in [5.41, 5.74) is 8.37. The predicted molar refractivity (Wildman–Crippen MR) is 153 cm³/mol. The molecule has 0 aliphatic rings. The Morgan fingerprint density at radius 3 is 2.64 bits per heavy atom. The second-order valence-electron chi connectivity index (χ2n) is 9.31. The van der Waals surface area contributed by atoms with Gasteiger partial charge in [0.1, 0.15) is 11.6 Å². The number of nitrogens with two attached hydrogens (primary N) is 1. The van der Waals surface area contributed by atoms with Gasteiger partial charge < -0.3 is 20.2 Å². The van der Waals surface area contributed by atoms with E-state index in [1.165, 1.54) is 42.4 Å². The molecule has 0 spiro atoms. The Morgan fingerprint density at radius 1 is 1.14 bits per heavy atom. The van der Waals surface area contributed by atoms with Crippen molar-refractivity contribution in [3.8, 4) is 23.1 Å². The van der Waals surface area contributed by atoms with E-state index in [-0.39, 0.29) is 46.6 Å². The third kappa shape index (κ3) is 5.74. The molecule has 3 aromatic heterocycles. The molecule has 0 saturated heterocycles. The van der Waals surface area contributed by atoms with Crippen molar-refractivity contribution in [1.29, 1.82) is 0 Å². The number of H-pyrrole nitrogens is 1. The summed E-state index contributed by atoms with van der Waals surface area (Å²) in [6.07, 6.45) is 2.64. The van der Waals surface area contributed by atoms with Crippen molar-refractivity contribution in [3.05, 3.63) is 83.6 Å². The van der Waals surface area contributed by atoms with Crippen LogP contribution in [0.1, 0.15) is 28.0 Å². The summed E-state index contributed by atoms with van der Waals surface area (Å²) in [5.74, 6) is -0.890. The van der Waals surface area contributed by atoms with Gasteiger partial charge in [-0.05, 0) is 49.2 Å². The molecule has 0 aliphatic heterocycles. The first-order valence-corrected chi connectivity index (χ1v) is 14.3. The molecule has 4 N–H and O–H groups in total. The average Bonchev–Trinajstić information content (AvgIpc) is 3.55. The summed E-state index contributed by atoms with van der Waals surface area (Å²) in [6.45, 7) is 1.01. The van der Waals surface area contributed by atoms with E-state index in [9.17, 15) is 22.0 Å². The maximum absolute atomic E-state index is 14.0. The van der Waals surface area contributed by atoms with E-state index in [2.05, 4.69) is 19.8 Å². The number of hydrogen-bond acceptors (Lipinski definition) is 8. The number of alkyl halides is 1. The topological polar surface area (TPSA) is 154 Å². The number of nitrogens with zero attached hydrogens (tertiary/aromatic N) is 3. The number of carbonyl (C=O) groups excluding carboxylic acids is 1. The number of sulfonamides is 1. The highest BCUT2D eigenvalue weighted by Crippen LogP contribution is 2.33. The molecule has 2 aromatic carbocycles. The minimum Gasteiger partial charge on any atom is -0.495 e. The number of carbonyl (C=O) groups is 1. The minimum atomic E-state index is -3.81. The molecule has 0 aliphatic carbocycles. The van der Waals surface area contributed by atoms with Crippen LogP contribution < -0.4 is 19.9 Å². The van der Waals surface area contributed by atoms with Gasteiger partial charge in [-0.15, -0.1) is 0 Å². The summed E-state index contributed by atoms with van der Waals surface area (Å²) in [5, 5.41) is 4.86. The second kappa shape index (κ2) is 11.5. The van der Waals surface area contributed by atoms with Crippen molar-refractivity contribution in [2.45, 2.75) is 13.3 Å². The molecule has 0 bridgehead atoms. The molecule has 11 nitrogen and oxygen atoms in total. The number of aromatic amines is 1. The third-order valence-electron chi connectivity index (χ3n) is 6.39. The lowest BCUT2D eigenvalue weighted by atomic mass is 10.1. The van der Waals surface area contributed by atoms with Crippen molar-refractivity contribution in [2.24, 2.45) is 0 Å². The number of para-hydroxylation sites is 1. The van der Waals surface area contributed by atoms with Crippen molar-refractivity contribution in [2.75, 3.05) is 30.0 Å². The number of ketones is 1. The van der Waals surface area contributed by atoms with E-state index in [4.69, 9.17) is 15.2 Å². The summed E-state index contributed by atoms with van der Waals surface area (Å²) < 4.78 is 65.7. The number of aryl methyl sites for hydroxylation is 1. The van der Waals surface area contributed by atoms with Gasteiger partial charge in [-0.25, -0.2) is 22.5 Å². The summed E-state index contributed by atoms with van der Waals surface area (Å²) in [4.78, 5) is 20.6. The zero-order valence-electron chi connectivity index (χ0n) is 22.5. The zero-order chi connectivity index (χ0) is 30.0. The number of ether oxygens (including phenoxy) is 2. The number of aromatic nitrogens is 4. The Balaban J connectivity index is 1.41. The standard InChI is InChI=1S/C28H26F2N6O5S/c1-16-10-26(41-24-7-4-3-6-19(24)30)32-15-23(16)36-28(31)18(14-33-36)27(37)22-11-17-12-25(40-2)21(13-20(17)34-22)35-42(38,39)9-5-8-29/h3-4,6-7,10-15,34-35H,5,8-9,31H2,1-2H3. The number of halogens is 2. The van der Waals surface area contributed by atoms with Crippen LogP contribution in [0.4, 0.5) is 20.3 Å². The van der Waals surface area contributed by atoms with E-state index in [1.54, 1.807) is 37.3 Å². The largest absolute Gasteiger partial charge is 0.495 e. The monoisotopic (exact) mass is 596 g/mol. The van der Waals surface area contributed by atoms with Crippen LogP contribution in [0.3, 0.4) is 0 Å². The number of hydrogen-bond donors (Lipinski definition) is 3. The normalized spacial score (nSPS) is 11.5. The van der Waals surface area contributed by atoms with E-state index >= 15 is 0 Å². The summed E-state index contributed by atoms with van der Waals surface area (Å²) >= 11 is 0. The fourth-order valence-corrected chi connectivity index (χ4v) is 5.39. The average molecular weight is 597 g/mol. The highest BCUT2D eigenvalue weighted by Gasteiger charge is 2.22. The van der Waals surface area contributed by atoms with Gasteiger partial charge in [-0.3, -0.25) is 13.9 Å². The van der Waals surface area contributed by atoms with Crippen LogP contribution >= 0.6 is 0 Å². The second-order valence-corrected chi connectivity index (χ2v) is 11.2. The van der Waals surface area contributed by atoms with Crippen molar-refractivity contribution in [1.82, 2.24) is 19.7 Å². The number of fused-ring (bicyclic) bond motifs is 1. The first-order chi connectivity index (χ1) is 20.1. The molecule has 3 heterocycles. The number of nitrogens with one attached hydrogen (secondary N) is 2. The van der Waals surface area contributed by atoms with Crippen LogP contribution in [0.5, 0.6) is 17.4 Å². The quantitative estimate of drug-likeness (QED) is 0.182. The Hall–Kier alpha value is -4.98. The fraction of sp³-hybridized carbons (Fsp3) is 0.179. The number of rotatable bonds is 11. The van der Waals surface area contributed by atoms with E-state index in [0.29, 0.717) is 22.2 Å². The van der Waals surface area contributed by atoms with Gasteiger partial charge in [-0.2, -0.15) is 5.10 Å². The highest BCUT2D eigenvalue weighted by molar-refractivity contribution is 7.92. The van der Waals surface area contributed by atoms with Crippen molar-refractivity contribution in [3.63, 3.8) is 0 Å². The predicted octanol–water partition coefficient (Wildman–Crippen LogP) is 4.91. The molecular formula is C28H26F2N6O5S. The molecule has 0 atom stereocenters. The smallest absolute Gasteiger partial charge is 0.232 e. The van der Waals surface area contributed by atoms with Gasteiger partial charge in [0.2, 0.25) is 21.7 Å². The van der Waals surface area contributed by atoms with Crippen molar-refractivity contribution < 1.29 is 31.5 Å². The number of methoxy groups -OCH3 is 1. The van der Waals surface area contributed by atoms with Gasteiger partial charge in [-0.1, -0.05) is 12.1 Å². The molecule has 0 saturated carbocycles. The molecule has 218 valence electrons. The fourth-order valence-electron chi connectivity index (χ4n) is 4.30. The summed E-state index contributed by atoms with van der Waals surface area (Å²) in [7, 11) is -2.43. The highest BCUT2D eigenvalue weighted by atomic mass is 32.2. The van der Waals surface area contributed by atoms with Gasteiger partial charge >= 0.3 is 0 Å². The van der Waals surface area contributed by atoms with Gasteiger partial charge in [0, 0.05) is 17.0 Å². The maximum Gasteiger partial charge on any atom is 0.232 e. The lowest BCUT2D eigenvalue weighted by Crippen LogP contribution is -2.17. The van der Waals surface area contributed by atoms with Crippen LogP contribution in [0.15, 0.2) is 60.9 Å². The van der Waals surface area contributed by atoms with Gasteiger partial charge in [0.05, 0.1) is 54.6 Å². The third-order valence-corrected chi connectivity index (χ3v) is 7.74. The molecular weight excluding hydrogens is 570 g/mol. The minimum absolute atomic E-state index is 0.0286. The van der Waals surface area contributed by atoms with E-state index in [1.807, 2.05) is 0 Å². The van der Waals surface area contributed by atoms with Crippen molar-refractivity contribution >= 4 is 38.2 Å². The van der Waals surface area contributed by atoms with Crippen LogP contribution in [-0.4, -0.2) is 53.5 Å². The molecule has 0 radical (unpaired) electrons. The lowest BCUT2D eigenvalue weighted by Gasteiger charge is -2.11. The van der Waals surface area contributed by atoms with Crippen LogP contribution in [0.25, 0.3) is 16.6 Å². The zero-order valence-corrected chi connectivity index (χ0v) is 23.3. The molecule has 0 unspecified atom stereocenters. The molecule has 0 fully saturated rings. The first kappa shape index (κ1) is 28.5. The lowest BCUT2D eigenvalue weighted by molar-refractivity contribution is 0.103. The molecule has 0 amide bonds. The molecule has 42 heavy (non-hydrogen) atoms. The Morgan fingerprint density at radius 2 is 1.93 bits per heavy atom. The van der Waals surface area contributed by atoms with Crippen LogP contribution in [-0.2, 0) is 10.0 Å². The number of benzene rings is 2. The molecule has 14 heteroatoms. The van der Waals surface area contributed by atoms with E-state index < -0.39 is 34.1 Å². The maximum atomic E-state index is 14.0. The van der Waals surface area contributed by atoms with Crippen LogP contribution in [0, 0.1) is 12.7 Å². The SMILES string of the molecule is COc1cc2cc(C(=O)c3cnn(-c4cnc(Oc5ccccc5F)cc4C)c3N)[nH]c2cc1NS(=O)(=O)CCCF. The first-order valence-electron chi connectivity index (χ1n) is 12.6.